The molecule has 0 aromatic heterocycles. The van der Waals surface area contributed by atoms with Crippen molar-refractivity contribution in [1.82, 2.24) is 0 Å². The third-order valence-electron chi connectivity index (χ3n) is 0.808. The summed E-state index contributed by atoms with van der Waals surface area (Å²) in [5.41, 5.74) is 0. The van der Waals surface area contributed by atoms with Crippen molar-refractivity contribution in [3.8, 4) is 0 Å². The maximum absolute atomic E-state index is 10.6. The van der Waals surface area contributed by atoms with E-state index >= 15 is 0 Å². The minimum atomic E-state index is -0.215. The average molecular weight is 142 g/mol. The number of carbonyl (C=O) groups is 2. The molecule has 0 saturated carbocycles. The van der Waals surface area contributed by atoms with Crippen LogP contribution in [0.3, 0.4) is 0 Å². The van der Waals surface area contributed by atoms with Crippen LogP contribution < -0.4 is 0 Å². The van der Waals surface area contributed by atoms with Crippen molar-refractivity contribution in [2.24, 2.45) is 0 Å². The second-order valence-corrected chi connectivity index (χ2v) is 1.90. The molecule has 0 bridgehead atoms. The summed E-state index contributed by atoms with van der Waals surface area (Å²) in [6, 6.07) is 0. The molecule has 0 spiro atoms. The van der Waals surface area contributed by atoms with Crippen LogP contribution in [0.5, 0.6) is 0 Å². The molecular weight excluding hydrogens is 132 g/mol. The summed E-state index contributed by atoms with van der Waals surface area (Å²) in [5.74, 6) is -0.356. The standard InChI is InChI=1S/C7H10O3/c1-3-10-5-7(9)4-6(2)8/h3H,1,4-5H2,2H3. The third kappa shape index (κ3) is 5.03. The topological polar surface area (TPSA) is 43.4 Å². The Labute approximate surface area is 59.7 Å². The van der Waals surface area contributed by atoms with E-state index in [-0.39, 0.29) is 24.6 Å². The van der Waals surface area contributed by atoms with Crippen LogP contribution in [-0.4, -0.2) is 18.2 Å². The highest BCUT2D eigenvalue weighted by molar-refractivity contribution is 5.98. The molecule has 0 amide bonds. The maximum Gasteiger partial charge on any atom is 0.177 e. The predicted octanol–water partition coefficient (Wildman–Crippen LogP) is 0.695. The van der Waals surface area contributed by atoms with Gasteiger partial charge in [-0.2, -0.15) is 0 Å². The fourth-order valence-corrected chi connectivity index (χ4v) is 0.481. The minimum absolute atomic E-state index is 0.0478. The lowest BCUT2D eigenvalue weighted by atomic mass is 10.2. The second kappa shape index (κ2) is 4.73. The Kier molecular flexibility index (Phi) is 4.20. The van der Waals surface area contributed by atoms with Gasteiger partial charge in [0.15, 0.2) is 5.78 Å². The quantitative estimate of drug-likeness (QED) is 0.419. The van der Waals surface area contributed by atoms with Crippen molar-refractivity contribution in [3.05, 3.63) is 12.8 Å². The minimum Gasteiger partial charge on any atom is -0.494 e. The van der Waals surface area contributed by atoms with Crippen LogP contribution in [0.15, 0.2) is 12.8 Å². The van der Waals surface area contributed by atoms with Crippen LogP contribution in [0.2, 0.25) is 0 Å². The zero-order valence-electron chi connectivity index (χ0n) is 5.92. The van der Waals surface area contributed by atoms with Gasteiger partial charge in [-0.25, -0.2) is 0 Å². The molecule has 0 unspecified atom stereocenters. The number of carbonyl (C=O) groups excluding carboxylic acids is 2. The second-order valence-electron chi connectivity index (χ2n) is 1.90. The van der Waals surface area contributed by atoms with Gasteiger partial charge in [-0.05, 0) is 6.92 Å². The van der Waals surface area contributed by atoms with E-state index in [9.17, 15) is 9.59 Å². The number of rotatable bonds is 5. The van der Waals surface area contributed by atoms with Gasteiger partial charge in [0.2, 0.25) is 0 Å². The van der Waals surface area contributed by atoms with Crippen LogP contribution in [0.1, 0.15) is 13.3 Å². The first-order valence-corrected chi connectivity index (χ1v) is 2.90. The van der Waals surface area contributed by atoms with E-state index in [1.54, 1.807) is 0 Å². The van der Waals surface area contributed by atoms with Gasteiger partial charge in [-0.3, -0.25) is 9.59 Å². The van der Waals surface area contributed by atoms with E-state index in [4.69, 9.17) is 0 Å². The first-order valence-electron chi connectivity index (χ1n) is 2.90. The SMILES string of the molecule is C=COCC(=O)CC(C)=O. The zero-order chi connectivity index (χ0) is 7.98. The summed E-state index contributed by atoms with van der Waals surface area (Å²) in [7, 11) is 0. The molecule has 0 aliphatic carbocycles. The molecule has 3 heteroatoms. The molecule has 0 fully saturated rings. The summed E-state index contributed by atoms with van der Waals surface area (Å²) in [6.07, 6.45) is 1.13. The molecule has 0 N–H and O–H groups in total. The van der Waals surface area contributed by atoms with E-state index < -0.39 is 0 Å². The van der Waals surface area contributed by atoms with Gasteiger partial charge in [0.05, 0.1) is 12.7 Å². The van der Waals surface area contributed by atoms with Gasteiger partial charge in [-0.1, -0.05) is 6.58 Å². The van der Waals surface area contributed by atoms with Gasteiger partial charge in [0.25, 0.3) is 0 Å². The molecule has 56 valence electrons. The highest BCUT2D eigenvalue weighted by atomic mass is 16.5. The lowest BCUT2D eigenvalue weighted by Gasteiger charge is -1.95. The van der Waals surface area contributed by atoms with E-state index in [1.807, 2.05) is 0 Å². The molecule has 0 aromatic carbocycles. The summed E-state index contributed by atoms with van der Waals surface area (Å²) in [5, 5.41) is 0. The Morgan fingerprint density at radius 2 is 2.20 bits per heavy atom. The number of ketones is 2. The van der Waals surface area contributed by atoms with Gasteiger partial charge in [-0.15, -0.1) is 0 Å². The Hall–Kier alpha value is -1.12. The molecule has 0 heterocycles. The Balaban J connectivity index is 3.43. The monoisotopic (exact) mass is 142 g/mol. The summed E-state index contributed by atoms with van der Waals surface area (Å²) >= 11 is 0. The maximum atomic E-state index is 10.6. The van der Waals surface area contributed by atoms with Gasteiger partial charge < -0.3 is 4.74 Å². The fraction of sp³-hybridized carbons (Fsp3) is 0.429. The lowest BCUT2D eigenvalue weighted by molar-refractivity contribution is -0.127. The Morgan fingerprint density at radius 3 is 2.60 bits per heavy atom. The molecular formula is C7H10O3. The molecule has 0 saturated heterocycles. The summed E-state index contributed by atoms with van der Waals surface area (Å²) in [6.45, 7) is 4.57. The number of hydrogen-bond donors (Lipinski definition) is 0. The van der Waals surface area contributed by atoms with Crippen molar-refractivity contribution < 1.29 is 14.3 Å². The van der Waals surface area contributed by atoms with Gasteiger partial charge in [0.1, 0.15) is 12.4 Å². The highest BCUT2D eigenvalue weighted by Crippen LogP contribution is 1.86. The van der Waals surface area contributed by atoms with Gasteiger partial charge in [0, 0.05) is 0 Å². The van der Waals surface area contributed by atoms with Crippen molar-refractivity contribution in [2.75, 3.05) is 6.61 Å². The molecule has 0 aliphatic heterocycles. The van der Waals surface area contributed by atoms with E-state index in [2.05, 4.69) is 11.3 Å². The van der Waals surface area contributed by atoms with Crippen molar-refractivity contribution in [2.45, 2.75) is 13.3 Å². The van der Waals surface area contributed by atoms with Crippen LogP contribution >= 0.6 is 0 Å². The molecule has 0 atom stereocenters. The van der Waals surface area contributed by atoms with Crippen molar-refractivity contribution in [1.29, 1.82) is 0 Å². The largest absolute Gasteiger partial charge is 0.494 e. The average Bonchev–Trinajstić information content (AvgIpc) is 1.82. The number of hydrogen-bond acceptors (Lipinski definition) is 3. The van der Waals surface area contributed by atoms with E-state index in [1.165, 1.54) is 13.2 Å². The van der Waals surface area contributed by atoms with Gasteiger partial charge >= 0.3 is 0 Å². The highest BCUT2D eigenvalue weighted by Gasteiger charge is 2.03. The first-order chi connectivity index (χ1) is 4.66. The Morgan fingerprint density at radius 1 is 1.60 bits per heavy atom. The van der Waals surface area contributed by atoms with Crippen LogP contribution in [0.25, 0.3) is 0 Å². The normalized spacial score (nSPS) is 8.50. The molecule has 0 radical (unpaired) electrons. The Bertz CT molecular complexity index is 149. The fourth-order valence-electron chi connectivity index (χ4n) is 0.481. The third-order valence-corrected chi connectivity index (χ3v) is 0.808. The number of ether oxygens (including phenoxy) is 1. The number of Topliss-reactive ketones (excluding diaryl/α,β-unsaturated/α-hetero) is 2. The first kappa shape index (κ1) is 8.88. The zero-order valence-corrected chi connectivity index (χ0v) is 5.92. The van der Waals surface area contributed by atoms with Crippen molar-refractivity contribution in [3.63, 3.8) is 0 Å². The predicted molar refractivity (Wildman–Crippen MR) is 36.5 cm³/mol. The van der Waals surface area contributed by atoms with E-state index in [0.29, 0.717) is 0 Å². The lowest BCUT2D eigenvalue weighted by Crippen LogP contribution is -2.09. The van der Waals surface area contributed by atoms with Crippen LogP contribution in [0.4, 0.5) is 0 Å². The van der Waals surface area contributed by atoms with Crippen LogP contribution in [0, 0.1) is 0 Å². The molecule has 0 aliphatic rings. The summed E-state index contributed by atoms with van der Waals surface area (Å²) in [4.78, 5) is 20.9. The molecule has 0 rings (SSSR count). The van der Waals surface area contributed by atoms with Crippen molar-refractivity contribution >= 4 is 11.6 Å². The van der Waals surface area contributed by atoms with E-state index in [0.717, 1.165) is 0 Å². The van der Waals surface area contributed by atoms with Crippen LogP contribution in [-0.2, 0) is 14.3 Å². The summed E-state index contributed by atoms with van der Waals surface area (Å²) < 4.78 is 4.56. The molecule has 10 heavy (non-hydrogen) atoms. The molecule has 0 aromatic rings. The molecule has 3 nitrogen and oxygen atoms in total. The smallest absolute Gasteiger partial charge is 0.177 e.